The molecule has 0 heterocycles. The first kappa shape index (κ1) is 17.6. The van der Waals surface area contributed by atoms with Crippen molar-refractivity contribution in [1.82, 2.24) is 0 Å². The Bertz CT molecular complexity index is 339. The van der Waals surface area contributed by atoms with Gasteiger partial charge >= 0.3 is 0 Å². The number of aromatic hydroxyl groups is 1. The highest BCUT2D eigenvalue weighted by Gasteiger charge is 1.96. The number of nitrogens with two attached hydrogens (primary N) is 1. The van der Waals surface area contributed by atoms with E-state index in [1.165, 1.54) is 6.42 Å². The van der Waals surface area contributed by atoms with Gasteiger partial charge in [0.05, 0.1) is 6.04 Å². The fourth-order valence-electron chi connectivity index (χ4n) is 1.60. The van der Waals surface area contributed by atoms with Gasteiger partial charge in [-0.15, -0.1) is 0 Å². The number of benzene rings is 1. The molecule has 0 aliphatic carbocycles. The van der Waals surface area contributed by atoms with E-state index in [1.54, 1.807) is 6.07 Å². The molecule has 1 rings (SSSR count). The number of phenolic OH excluding ortho intramolecular Hbond substituents is 1. The molecule has 0 saturated heterocycles. The van der Waals surface area contributed by atoms with E-state index in [-0.39, 0.29) is 6.04 Å². The SMILES string of the molecule is CCCCC(N)C=O.CCCCc1ccccc1O. The van der Waals surface area contributed by atoms with E-state index in [9.17, 15) is 9.90 Å². The number of hydrogen-bond donors (Lipinski definition) is 2. The van der Waals surface area contributed by atoms with Gasteiger partial charge in [-0.2, -0.15) is 0 Å². The summed E-state index contributed by atoms with van der Waals surface area (Å²) in [5.74, 6) is 0.431. The van der Waals surface area contributed by atoms with Crippen molar-refractivity contribution in [3.63, 3.8) is 0 Å². The Labute approximate surface area is 116 Å². The zero-order valence-corrected chi connectivity index (χ0v) is 12.1. The Morgan fingerprint density at radius 2 is 1.84 bits per heavy atom. The molecular weight excluding hydrogens is 238 g/mol. The highest BCUT2D eigenvalue weighted by Crippen LogP contribution is 2.17. The highest BCUT2D eigenvalue weighted by molar-refractivity contribution is 5.56. The van der Waals surface area contributed by atoms with Crippen LogP contribution in [0.1, 0.15) is 51.5 Å². The smallest absolute Gasteiger partial charge is 0.136 e. The molecule has 1 aromatic carbocycles. The zero-order valence-electron chi connectivity index (χ0n) is 12.1. The van der Waals surface area contributed by atoms with Crippen molar-refractivity contribution in [2.45, 2.75) is 58.4 Å². The summed E-state index contributed by atoms with van der Waals surface area (Å²) in [5.41, 5.74) is 6.36. The predicted molar refractivity (Wildman–Crippen MR) is 80.3 cm³/mol. The maximum absolute atomic E-state index is 9.89. The molecule has 3 nitrogen and oxygen atoms in total. The van der Waals surface area contributed by atoms with E-state index < -0.39 is 0 Å². The Kier molecular flexibility index (Phi) is 10.9. The van der Waals surface area contributed by atoms with Crippen molar-refractivity contribution in [2.24, 2.45) is 5.73 Å². The number of aryl methyl sites for hydroxylation is 1. The van der Waals surface area contributed by atoms with Crippen molar-refractivity contribution in [2.75, 3.05) is 0 Å². The average Bonchev–Trinajstić information content (AvgIpc) is 2.44. The normalized spacial score (nSPS) is 11.3. The highest BCUT2D eigenvalue weighted by atomic mass is 16.3. The number of rotatable bonds is 7. The summed E-state index contributed by atoms with van der Waals surface area (Å²) in [6.07, 6.45) is 7.12. The van der Waals surface area contributed by atoms with E-state index in [4.69, 9.17) is 5.73 Å². The van der Waals surface area contributed by atoms with Crippen LogP contribution < -0.4 is 5.73 Å². The molecule has 0 aromatic heterocycles. The fraction of sp³-hybridized carbons (Fsp3) is 0.562. The Hall–Kier alpha value is -1.35. The second-order valence-corrected chi connectivity index (χ2v) is 4.67. The van der Waals surface area contributed by atoms with Crippen molar-refractivity contribution in [3.05, 3.63) is 29.8 Å². The molecule has 1 unspecified atom stereocenters. The lowest BCUT2D eigenvalue weighted by molar-refractivity contribution is -0.109. The summed E-state index contributed by atoms with van der Waals surface area (Å²) >= 11 is 0. The molecule has 1 aromatic rings. The Balaban J connectivity index is 0.000000362. The maximum atomic E-state index is 9.89. The summed E-state index contributed by atoms with van der Waals surface area (Å²) < 4.78 is 0. The minimum absolute atomic E-state index is 0.227. The molecule has 19 heavy (non-hydrogen) atoms. The second-order valence-electron chi connectivity index (χ2n) is 4.67. The average molecular weight is 265 g/mol. The van der Waals surface area contributed by atoms with Crippen LogP contribution in [0.3, 0.4) is 0 Å². The summed E-state index contributed by atoms with van der Waals surface area (Å²) in [7, 11) is 0. The van der Waals surface area contributed by atoms with Gasteiger partial charge in [0.2, 0.25) is 0 Å². The summed E-state index contributed by atoms with van der Waals surface area (Å²) in [6.45, 7) is 4.23. The Morgan fingerprint density at radius 3 is 2.37 bits per heavy atom. The maximum Gasteiger partial charge on any atom is 0.136 e. The zero-order chi connectivity index (χ0) is 14.5. The van der Waals surface area contributed by atoms with Crippen LogP contribution in [-0.2, 0) is 11.2 Å². The van der Waals surface area contributed by atoms with Crippen molar-refractivity contribution < 1.29 is 9.90 Å². The van der Waals surface area contributed by atoms with Gasteiger partial charge in [-0.3, -0.25) is 0 Å². The molecule has 0 aliphatic rings. The number of para-hydroxylation sites is 1. The van der Waals surface area contributed by atoms with Crippen molar-refractivity contribution >= 4 is 6.29 Å². The summed E-state index contributed by atoms with van der Waals surface area (Å²) in [4.78, 5) is 9.89. The number of carbonyl (C=O) groups excluding carboxylic acids is 1. The summed E-state index contributed by atoms with van der Waals surface area (Å²) in [5, 5.41) is 9.34. The molecule has 3 heteroatoms. The van der Waals surface area contributed by atoms with E-state index >= 15 is 0 Å². The largest absolute Gasteiger partial charge is 0.508 e. The van der Waals surface area contributed by atoms with Crippen LogP contribution >= 0.6 is 0 Å². The number of aldehydes is 1. The fourth-order valence-corrected chi connectivity index (χ4v) is 1.60. The minimum atomic E-state index is -0.227. The Morgan fingerprint density at radius 1 is 1.21 bits per heavy atom. The molecule has 0 fully saturated rings. The van der Waals surface area contributed by atoms with Crippen LogP contribution in [0.15, 0.2) is 24.3 Å². The lowest BCUT2D eigenvalue weighted by Crippen LogP contribution is -2.20. The third kappa shape index (κ3) is 9.25. The van der Waals surface area contributed by atoms with Gasteiger partial charge < -0.3 is 15.6 Å². The van der Waals surface area contributed by atoms with Crippen LogP contribution in [0.2, 0.25) is 0 Å². The van der Waals surface area contributed by atoms with Gasteiger partial charge in [0.1, 0.15) is 12.0 Å². The number of carbonyl (C=O) groups is 1. The molecule has 0 spiro atoms. The molecule has 0 amide bonds. The molecule has 0 aliphatic heterocycles. The van der Waals surface area contributed by atoms with E-state index in [1.807, 2.05) is 18.2 Å². The first-order valence-corrected chi connectivity index (χ1v) is 7.13. The van der Waals surface area contributed by atoms with Crippen LogP contribution in [0, 0.1) is 0 Å². The molecule has 3 N–H and O–H groups in total. The van der Waals surface area contributed by atoms with Crippen LogP contribution in [0.4, 0.5) is 0 Å². The molecular formula is C16H27NO2. The van der Waals surface area contributed by atoms with Gasteiger partial charge in [0, 0.05) is 0 Å². The quantitative estimate of drug-likeness (QED) is 0.742. The molecule has 0 radical (unpaired) electrons. The molecule has 0 bridgehead atoms. The van der Waals surface area contributed by atoms with E-state index in [2.05, 4.69) is 13.8 Å². The minimum Gasteiger partial charge on any atom is -0.508 e. The first-order valence-electron chi connectivity index (χ1n) is 7.13. The van der Waals surface area contributed by atoms with Gasteiger partial charge in [-0.05, 0) is 30.9 Å². The number of unbranched alkanes of at least 4 members (excludes halogenated alkanes) is 2. The van der Waals surface area contributed by atoms with Crippen molar-refractivity contribution in [1.29, 1.82) is 0 Å². The first-order chi connectivity index (χ1) is 9.15. The van der Waals surface area contributed by atoms with Gasteiger partial charge in [-0.25, -0.2) is 0 Å². The van der Waals surface area contributed by atoms with Crippen LogP contribution in [0.5, 0.6) is 5.75 Å². The lowest BCUT2D eigenvalue weighted by atomic mass is 10.1. The predicted octanol–water partition coefficient (Wildman–Crippen LogP) is 3.44. The van der Waals surface area contributed by atoms with E-state index in [0.717, 1.165) is 44.0 Å². The third-order valence-electron chi connectivity index (χ3n) is 2.86. The molecule has 108 valence electrons. The summed E-state index contributed by atoms with van der Waals surface area (Å²) in [6, 6.07) is 7.31. The van der Waals surface area contributed by atoms with E-state index in [0.29, 0.717) is 5.75 Å². The molecule has 0 saturated carbocycles. The molecule has 1 atom stereocenters. The standard InChI is InChI=1S/C10H14O.C6H13NO/c1-2-3-6-9-7-4-5-8-10(9)11;1-2-3-4-6(7)5-8/h4-5,7-8,11H,2-3,6H2,1H3;5-6H,2-4,7H2,1H3. The topological polar surface area (TPSA) is 63.3 Å². The van der Waals surface area contributed by atoms with Crippen molar-refractivity contribution in [3.8, 4) is 5.75 Å². The van der Waals surface area contributed by atoms with Crippen LogP contribution in [0.25, 0.3) is 0 Å². The number of phenols is 1. The lowest BCUT2D eigenvalue weighted by Gasteiger charge is -2.01. The van der Waals surface area contributed by atoms with Gasteiger partial charge in [0.15, 0.2) is 0 Å². The van der Waals surface area contributed by atoms with Crippen LogP contribution in [-0.4, -0.2) is 17.4 Å². The van der Waals surface area contributed by atoms with Gasteiger partial charge in [-0.1, -0.05) is 51.3 Å². The third-order valence-corrected chi connectivity index (χ3v) is 2.86. The second kappa shape index (κ2) is 11.7. The van der Waals surface area contributed by atoms with Gasteiger partial charge in [0.25, 0.3) is 0 Å². The monoisotopic (exact) mass is 265 g/mol. The number of hydrogen-bond acceptors (Lipinski definition) is 3.